The predicted octanol–water partition coefficient (Wildman–Crippen LogP) is 2.45. The summed E-state index contributed by atoms with van der Waals surface area (Å²) in [4.78, 5) is 4.36. The Hall–Kier alpha value is -1.03. The Balaban J connectivity index is 1.95. The van der Waals surface area contributed by atoms with Gasteiger partial charge in [-0.2, -0.15) is 0 Å². The van der Waals surface area contributed by atoms with Crippen molar-refractivity contribution < 1.29 is 4.74 Å². The third-order valence-electron chi connectivity index (χ3n) is 3.34. The van der Waals surface area contributed by atoms with Crippen LogP contribution in [0.15, 0.2) is 12.4 Å². The molecule has 1 N–H and O–H groups in total. The van der Waals surface area contributed by atoms with Crippen LogP contribution in [0.3, 0.4) is 0 Å². The molecular weight excluding hydrogens is 202 g/mol. The molecule has 0 spiro atoms. The van der Waals surface area contributed by atoms with Crippen LogP contribution >= 0.6 is 0 Å². The highest BCUT2D eigenvalue weighted by Crippen LogP contribution is 2.31. The summed E-state index contributed by atoms with van der Waals surface area (Å²) in [5, 5.41) is 3.35. The minimum atomic E-state index is 0.216. The summed E-state index contributed by atoms with van der Waals surface area (Å²) in [6.45, 7) is 2.86. The Morgan fingerprint density at radius 1 is 1.56 bits per heavy atom. The summed E-state index contributed by atoms with van der Waals surface area (Å²) in [6, 6.07) is 0.642. The summed E-state index contributed by atoms with van der Waals surface area (Å²) < 4.78 is 7.49. The average Bonchev–Trinajstić information content (AvgIpc) is 2.95. The zero-order chi connectivity index (χ0) is 11.4. The first-order valence-corrected chi connectivity index (χ1v) is 6.10. The molecule has 0 bridgehead atoms. The van der Waals surface area contributed by atoms with Crippen molar-refractivity contribution in [2.75, 3.05) is 19.0 Å². The lowest BCUT2D eigenvalue weighted by atomic mass is 10.2. The van der Waals surface area contributed by atoms with Crippen LogP contribution in [0.2, 0.25) is 0 Å². The second kappa shape index (κ2) is 5.34. The van der Waals surface area contributed by atoms with E-state index in [1.807, 2.05) is 6.20 Å². The van der Waals surface area contributed by atoms with Crippen molar-refractivity contribution in [2.45, 2.75) is 44.8 Å². The zero-order valence-corrected chi connectivity index (χ0v) is 10.1. The van der Waals surface area contributed by atoms with Crippen molar-refractivity contribution >= 4 is 5.95 Å². The molecule has 1 aromatic heterocycles. The van der Waals surface area contributed by atoms with Gasteiger partial charge in [0.05, 0.1) is 6.10 Å². The van der Waals surface area contributed by atoms with Gasteiger partial charge in [-0.05, 0) is 19.8 Å². The van der Waals surface area contributed by atoms with Gasteiger partial charge in [0.15, 0.2) is 0 Å². The fourth-order valence-electron chi connectivity index (χ4n) is 2.25. The Morgan fingerprint density at radius 2 is 2.31 bits per heavy atom. The number of nitrogens with zero attached hydrogens (tertiary/aromatic N) is 2. The lowest BCUT2D eigenvalue weighted by Crippen LogP contribution is -2.20. The van der Waals surface area contributed by atoms with Crippen LogP contribution in [0.1, 0.15) is 38.6 Å². The van der Waals surface area contributed by atoms with Gasteiger partial charge < -0.3 is 14.6 Å². The molecule has 0 aromatic carbocycles. The lowest BCUT2D eigenvalue weighted by molar-refractivity contribution is 0.128. The number of aromatic nitrogens is 2. The molecule has 4 nitrogen and oxygen atoms in total. The van der Waals surface area contributed by atoms with Gasteiger partial charge in [-0.15, -0.1) is 0 Å². The molecule has 4 heteroatoms. The number of hydrogen-bond acceptors (Lipinski definition) is 3. The summed E-state index contributed by atoms with van der Waals surface area (Å²) >= 11 is 0. The molecule has 1 atom stereocenters. The van der Waals surface area contributed by atoms with E-state index < -0.39 is 0 Å². The minimum absolute atomic E-state index is 0.216. The molecular formula is C12H21N3O. The Morgan fingerprint density at radius 3 is 3.00 bits per heavy atom. The molecule has 90 valence electrons. The fourth-order valence-corrected chi connectivity index (χ4v) is 2.25. The van der Waals surface area contributed by atoms with Gasteiger partial charge in [0.25, 0.3) is 0 Å². The van der Waals surface area contributed by atoms with Crippen molar-refractivity contribution in [1.82, 2.24) is 9.55 Å². The number of imidazole rings is 1. The smallest absolute Gasteiger partial charge is 0.203 e. The third kappa shape index (κ3) is 2.55. The maximum atomic E-state index is 5.21. The normalized spacial score (nSPS) is 18.9. The standard InChI is InChI=1S/C12H21N3O/c1-10(16-2)9-14-12-13-7-8-15(12)11-5-3-4-6-11/h7-8,10-11H,3-6,9H2,1-2H3,(H,13,14). The number of ether oxygens (including phenoxy) is 1. The van der Waals surface area contributed by atoms with Crippen LogP contribution in [0.25, 0.3) is 0 Å². The van der Waals surface area contributed by atoms with E-state index in [9.17, 15) is 0 Å². The van der Waals surface area contributed by atoms with Gasteiger partial charge in [0.1, 0.15) is 0 Å². The molecule has 1 unspecified atom stereocenters. The number of anilines is 1. The number of methoxy groups -OCH3 is 1. The van der Waals surface area contributed by atoms with E-state index in [1.165, 1.54) is 25.7 Å². The highest BCUT2D eigenvalue weighted by molar-refractivity contribution is 5.27. The van der Waals surface area contributed by atoms with Crippen molar-refractivity contribution in [3.05, 3.63) is 12.4 Å². The van der Waals surface area contributed by atoms with Gasteiger partial charge in [-0.3, -0.25) is 0 Å². The third-order valence-corrected chi connectivity index (χ3v) is 3.34. The molecule has 0 aliphatic heterocycles. The summed E-state index contributed by atoms with van der Waals surface area (Å²) in [5.41, 5.74) is 0. The van der Waals surface area contributed by atoms with Gasteiger partial charge in [-0.25, -0.2) is 4.98 Å². The minimum Gasteiger partial charge on any atom is -0.380 e. The highest BCUT2D eigenvalue weighted by Gasteiger charge is 2.19. The molecule has 1 aliphatic rings. The van der Waals surface area contributed by atoms with Crippen molar-refractivity contribution in [3.63, 3.8) is 0 Å². The van der Waals surface area contributed by atoms with E-state index in [0.29, 0.717) is 6.04 Å². The summed E-state index contributed by atoms with van der Waals surface area (Å²) in [6.07, 6.45) is 9.42. The monoisotopic (exact) mass is 223 g/mol. The first-order chi connectivity index (χ1) is 7.81. The quantitative estimate of drug-likeness (QED) is 0.833. The average molecular weight is 223 g/mol. The Bertz CT molecular complexity index is 318. The number of hydrogen-bond donors (Lipinski definition) is 1. The van der Waals surface area contributed by atoms with Crippen LogP contribution in [0.4, 0.5) is 5.95 Å². The molecule has 1 fully saturated rings. The highest BCUT2D eigenvalue weighted by atomic mass is 16.5. The van der Waals surface area contributed by atoms with Crippen LogP contribution in [0, 0.1) is 0 Å². The maximum Gasteiger partial charge on any atom is 0.203 e. The molecule has 0 radical (unpaired) electrons. The molecule has 0 saturated heterocycles. The second-order valence-electron chi connectivity index (χ2n) is 4.52. The largest absolute Gasteiger partial charge is 0.380 e. The molecule has 16 heavy (non-hydrogen) atoms. The van der Waals surface area contributed by atoms with Crippen molar-refractivity contribution in [2.24, 2.45) is 0 Å². The van der Waals surface area contributed by atoms with Crippen LogP contribution in [0.5, 0.6) is 0 Å². The molecule has 1 aromatic rings. The first kappa shape index (κ1) is 11.5. The van der Waals surface area contributed by atoms with E-state index in [0.717, 1.165) is 12.5 Å². The summed E-state index contributed by atoms with van der Waals surface area (Å²) in [5.74, 6) is 0.982. The fraction of sp³-hybridized carbons (Fsp3) is 0.750. The Labute approximate surface area is 97.0 Å². The molecule has 1 saturated carbocycles. The van der Waals surface area contributed by atoms with Gasteiger partial charge in [-0.1, -0.05) is 12.8 Å². The molecule has 1 aliphatic carbocycles. The van der Waals surface area contributed by atoms with Crippen LogP contribution < -0.4 is 5.32 Å². The van der Waals surface area contributed by atoms with E-state index in [1.54, 1.807) is 7.11 Å². The topological polar surface area (TPSA) is 39.1 Å². The van der Waals surface area contributed by atoms with Crippen LogP contribution in [-0.4, -0.2) is 29.3 Å². The predicted molar refractivity (Wildman–Crippen MR) is 64.7 cm³/mol. The molecule has 2 rings (SSSR count). The van der Waals surface area contributed by atoms with Gasteiger partial charge in [0.2, 0.25) is 5.95 Å². The van der Waals surface area contributed by atoms with Crippen LogP contribution in [-0.2, 0) is 4.74 Å². The lowest BCUT2D eigenvalue weighted by Gasteiger charge is -2.17. The van der Waals surface area contributed by atoms with E-state index >= 15 is 0 Å². The maximum absolute atomic E-state index is 5.21. The second-order valence-corrected chi connectivity index (χ2v) is 4.52. The SMILES string of the molecule is COC(C)CNc1nccn1C1CCCC1. The van der Waals surface area contributed by atoms with Gasteiger partial charge in [0, 0.05) is 32.1 Å². The van der Waals surface area contributed by atoms with Crippen molar-refractivity contribution in [1.29, 1.82) is 0 Å². The van der Waals surface area contributed by atoms with E-state index in [-0.39, 0.29) is 6.10 Å². The summed E-state index contributed by atoms with van der Waals surface area (Å²) in [7, 11) is 1.73. The molecule has 0 amide bonds. The zero-order valence-electron chi connectivity index (χ0n) is 10.1. The van der Waals surface area contributed by atoms with Crippen molar-refractivity contribution in [3.8, 4) is 0 Å². The molecule has 1 heterocycles. The Kier molecular flexibility index (Phi) is 3.83. The van der Waals surface area contributed by atoms with E-state index in [2.05, 4.69) is 28.0 Å². The number of rotatable bonds is 5. The number of nitrogens with one attached hydrogen (secondary N) is 1. The van der Waals surface area contributed by atoms with E-state index in [4.69, 9.17) is 4.74 Å². The van der Waals surface area contributed by atoms with Gasteiger partial charge >= 0.3 is 0 Å². The first-order valence-electron chi connectivity index (χ1n) is 6.10.